The number of hydrogen-bond donors (Lipinski definition) is 6. The maximum Gasteiger partial charge on any atom is 1.00 e. The van der Waals surface area contributed by atoms with Crippen molar-refractivity contribution in [3.63, 3.8) is 0 Å². The molecule has 312 valence electrons. The van der Waals surface area contributed by atoms with Crippen molar-refractivity contribution < 1.29 is 155 Å². The molecule has 0 aliphatic carbocycles. The Kier molecular flexibility index (Phi) is 17.7. The van der Waals surface area contributed by atoms with Crippen molar-refractivity contribution >= 4 is 122 Å². The van der Waals surface area contributed by atoms with Gasteiger partial charge in [0.05, 0.1) is 19.6 Å². The van der Waals surface area contributed by atoms with E-state index in [4.69, 9.17) is 23.2 Å². The molecule has 0 saturated carbocycles. The summed E-state index contributed by atoms with van der Waals surface area (Å²) >= 11 is 12.1. The van der Waals surface area contributed by atoms with Crippen LogP contribution in [0.15, 0.2) is 105 Å². The molecule has 0 aliphatic rings. The average molecular weight is 1020 g/mol. The van der Waals surface area contributed by atoms with Crippen molar-refractivity contribution in [2.24, 2.45) is 0 Å². The van der Waals surface area contributed by atoms with Crippen LogP contribution in [-0.2, 0) is 40.5 Å². The first-order valence-electron chi connectivity index (χ1n) is 15.9. The Balaban J connectivity index is 0.00000422. The van der Waals surface area contributed by atoms with Gasteiger partial charge in [0.1, 0.15) is 20.2 Å². The minimum Gasteiger partial charge on any atom is -0.744 e. The van der Waals surface area contributed by atoms with Crippen LogP contribution in [-0.4, -0.2) is 81.8 Å². The van der Waals surface area contributed by atoms with Crippen LogP contribution in [0.25, 0.3) is 12.2 Å². The van der Waals surface area contributed by atoms with Crippen LogP contribution < -0.4 is 124 Å². The number of hydrogen-bond acceptors (Lipinski definition) is 20. The van der Waals surface area contributed by atoms with Gasteiger partial charge in [-0.1, -0.05) is 24.3 Å². The zero-order chi connectivity index (χ0) is 43.6. The zero-order valence-corrected chi connectivity index (χ0v) is 42.3. The molecule has 0 saturated heterocycles. The molecular formula is C32H22Cl2K2N10O12S4. The second kappa shape index (κ2) is 21.1. The number of rotatable bonds is 14. The minimum atomic E-state index is -5.19. The Hall–Kier alpha value is -2.67. The molecule has 0 aliphatic heterocycles. The third-order valence-electron chi connectivity index (χ3n) is 7.55. The smallest absolute Gasteiger partial charge is 0.744 e. The van der Waals surface area contributed by atoms with Gasteiger partial charge in [-0.15, -0.1) is 0 Å². The third kappa shape index (κ3) is 14.4. The van der Waals surface area contributed by atoms with Gasteiger partial charge in [0.2, 0.25) is 34.4 Å². The minimum absolute atomic E-state index is 0. The molecule has 6 N–H and O–H groups in total. The summed E-state index contributed by atoms with van der Waals surface area (Å²) in [4.78, 5) is 21.6. The van der Waals surface area contributed by atoms with Gasteiger partial charge < -0.3 is 30.4 Å². The van der Waals surface area contributed by atoms with Gasteiger partial charge in [0.15, 0.2) is 0 Å². The molecule has 2 heterocycles. The van der Waals surface area contributed by atoms with Crippen molar-refractivity contribution in [1.82, 2.24) is 29.9 Å². The third-order valence-corrected chi connectivity index (χ3v) is 11.4. The fourth-order valence-electron chi connectivity index (χ4n) is 4.97. The van der Waals surface area contributed by atoms with Crippen LogP contribution in [0.4, 0.5) is 46.5 Å². The molecule has 2 aromatic heterocycles. The molecule has 0 bridgehead atoms. The number of benzene rings is 4. The summed E-state index contributed by atoms with van der Waals surface area (Å²) in [6.45, 7) is 0. The molecule has 0 radical (unpaired) electrons. The number of nitrogens with one attached hydrogen (secondary N) is 4. The summed E-state index contributed by atoms with van der Waals surface area (Å²) < 4.78 is 138. The first kappa shape index (κ1) is 52.0. The molecule has 62 heavy (non-hydrogen) atoms. The van der Waals surface area contributed by atoms with E-state index in [0.717, 1.165) is 48.6 Å². The van der Waals surface area contributed by atoms with E-state index in [-0.39, 0.29) is 181 Å². The monoisotopic (exact) mass is 1010 g/mol. The first-order chi connectivity index (χ1) is 28.0. The molecular weight excluding hydrogens is 994 g/mol. The van der Waals surface area contributed by atoms with Crippen molar-refractivity contribution in [3.8, 4) is 0 Å². The molecule has 6 aromatic rings. The molecule has 0 spiro atoms. The average Bonchev–Trinajstić information content (AvgIpc) is 3.13. The van der Waals surface area contributed by atoms with Gasteiger partial charge in [-0.25, -0.2) is 16.8 Å². The van der Waals surface area contributed by atoms with E-state index in [1.165, 1.54) is 48.5 Å². The van der Waals surface area contributed by atoms with E-state index in [9.17, 15) is 51.9 Å². The fraction of sp³-hybridized carbons (Fsp3) is 0. The van der Waals surface area contributed by atoms with Crippen molar-refractivity contribution in [3.05, 3.63) is 107 Å². The molecule has 0 fully saturated rings. The number of aromatic nitrogens is 6. The van der Waals surface area contributed by atoms with Crippen molar-refractivity contribution in [2.45, 2.75) is 19.6 Å². The van der Waals surface area contributed by atoms with Crippen LogP contribution >= 0.6 is 23.2 Å². The standard InChI is InChI=1S/C32H24Cl2N10O12S4.2K/c33-27-39-29(35-19-7-11-23(12-8-19)57(45,46)47)43-31(41-27)37-21-5-3-17(25(15-21)59(51,52)53)1-2-18-4-6-22(16-26(18)60(54,55)56)38-32-42-28(34)40-30(44-32)36-20-9-13-24(14-10-20)58(48,49)50;;/h1-16H,(H,45,46,47)(H,48,49,50)(H,51,52,53)(H,54,55,56)(H2,35,37,39,41,43)(H2,36,38,40,42,44);;/q;2*+1/p-2. The van der Waals surface area contributed by atoms with Gasteiger partial charge in [-0.05, 0) is 107 Å². The summed E-state index contributed by atoms with van der Waals surface area (Å²) in [6.07, 6.45) is 2.18. The Labute approximate surface area is 447 Å². The van der Waals surface area contributed by atoms with Gasteiger partial charge in [0.25, 0.3) is 20.2 Å². The maximum absolute atomic E-state index is 12.4. The molecule has 4 aromatic carbocycles. The van der Waals surface area contributed by atoms with Crippen LogP contribution in [0.2, 0.25) is 10.6 Å². The number of anilines is 8. The Morgan fingerprint density at radius 1 is 0.452 bits per heavy atom. The maximum atomic E-state index is 12.4. The van der Waals surface area contributed by atoms with E-state index >= 15 is 0 Å². The van der Waals surface area contributed by atoms with Crippen molar-refractivity contribution in [1.29, 1.82) is 0 Å². The molecule has 22 nitrogen and oxygen atoms in total. The van der Waals surface area contributed by atoms with Crippen LogP contribution in [0.5, 0.6) is 0 Å². The Morgan fingerprint density at radius 2 is 0.726 bits per heavy atom. The number of nitrogens with zero attached hydrogens (tertiary/aromatic N) is 6. The van der Waals surface area contributed by atoms with E-state index in [1.54, 1.807) is 0 Å². The van der Waals surface area contributed by atoms with Gasteiger partial charge in [0, 0.05) is 22.7 Å². The predicted molar refractivity (Wildman–Crippen MR) is 213 cm³/mol. The first-order valence-corrected chi connectivity index (χ1v) is 22.4. The molecule has 30 heteroatoms. The van der Waals surface area contributed by atoms with Gasteiger partial charge >= 0.3 is 103 Å². The Bertz CT molecular complexity index is 2930. The van der Waals surface area contributed by atoms with E-state index in [1.807, 2.05) is 0 Å². The molecule has 6 rings (SSSR count). The fourth-order valence-corrected chi connectivity index (χ4v) is 7.65. The summed E-state index contributed by atoms with van der Waals surface area (Å²) in [5.74, 6) is -0.712. The van der Waals surface area contributed by atoms with E-state index < -0.39 is 50.3 Å². The number of halogens is 2. The van der Waals surface area contributed by atoms with Crippen LogP contribution in [0, 0.1) is 0 Å². The van der Waals surface area contributed by atoms with Crippen LogP contribution in [0.1, 0.15) is 11.1 Å². The quantitative estimate of drug-likeness (QED) is 0.0425. The largest absolute Gasteiger partial charge is 1.00 e. The SMILES string of the molecule is O=S(=O)([O-])c1cc(Nc2nc(Cl)nc(Nc3ccc(S(=O)(=O)O)cc3)n2)ccc1C=Cc1ccc(Nc2nc(Cl)nc(Nc3ccc(S(=O)(=O)O)cc3)n2)cc1S(=O)(=O)[O-].[K+].[K+]. The summed E-state index contributed by atoms with van der Waals surface area (Å²) in [5.41, 5.74) is 0.129. The van der Waals surface area contributed by atoms with Gasteiger partial charge in [-0.2, -0.15) is 46.7 Å². The summed E-state index contributed by atoms with van der Waals surface area (Å²) in [7, 11) is -19.3. The summed E-state index contributed by atoms with van der Waals surface area (Å²) in [5, 5.41) is 10.2. The van der Waals surface area contributed by atoms with Crippen molar-refractivity contribution in [2.75, 3.05) is 21.3 Å². The normalized spacial score (nSPS) is 11.9. The topological polar surface area (TPSA) is 349 Å². The predicted octanol–water partition coefficient (Wildman–Crippen LogP) is -1.18. The molecule has 0 atom stereocenters. The van der Waals surface area contributed by atoms with Crippen LogP contribution in [0.3, 0.4) is 0 Å². The van der Waals surface area contributed by atoms with Gasteiger partial charge in [-0.3, -0.25) is 9.11 Å². The summed E-state index contributed by atoms with van der Waals surface area (Å²) in [6, 6.07) is 16.6. The second-order valence-corrected chi connectivity index (χ2v) is 18.0. The van der Waals surface area contributed by atoms with E-state index in [2.05, 4.69) is 51.2 Å². The molecule has 0 amide bonds. The molecule has 0 unspecified atom stereocenters. The second-order valence-electron chi connectivity index (χ2n) is 11.7. The zero-order valence-electron chi connectivity index (χ0n) is 31.3. The Morgan fingerprint density at radius 3 is 1.00 bits per heavy atom. The van der Waals surface area contributed by atoms with E-state index in [0.29, 0.717) is 0 Å².